The number of rotatable bonds is 2. The quantitative estimate of drug-likeness (QED) is 0.260. The van der Waals surface area contributed by atoms with Gasteiger partial charge in [-0.3, -0.25) is 0 Å². The lowest BCUT2D eigenvalue weighted by atomic mass is 9.92. The van der Waals surface area contributed by atoms with Gasteiger partial charge in [0.1, 0.15) is 0 Å². The van der Waals surface area contributed by atoms with E-state index in [-0.39, 0.29) is 6.04 Å². The summed E-state index contributed by atoms with van der Waals surface area (Å²) < 4.78 is 1.06. The molecular formula is C25H17BrN2O2. The van der Waals surface area contributed by atoms with Gasteiger partial charge < -0.3 is 15.4 Å². The Morgan fingerprint density at radius 1 is 0.933 bits per heavy atom. The smallest absolute Gasteiger partial charge is 0.335 e. The summed E-state index contributed by atoms with van der Waals surface area (Å²) in [4.78, 5) is 14.9. The lowest BCUT2D eigenvalue weighted by Gasteiger charge is -2.13. The molecule has 3 N–H and O–H groups in total. The number of halogens is 1. The molecule has 2 heterocycles. The molecule has 0 bridgehead atoms. The van der Waals surface area contributed by atoms with Gasteiger partial charge in [-0.2, -0.15) is 0 Å². The second-order valence-electron chi connectivity index (χ2n) is 7.80. The maximum absolute atomic E-state index is 11.6. The van der Waals surface area contributed by atoms with Crippen molar-refractivity contribution in [3.63, 3.8) is 0 Å². The highest BCUT2D eigenvalue weighted by molar-refractivity contribution is 9.10. The molecule has 0 radical (unpaired) electrons. The lowest BCUT2D eigenvalue weighted by Crippen LogP contribution is -2.04. The Bertz CT molecular complexity index is 1500. The van der Waals surface area contributed by atoms with E-state index < -0.39 is 5.97 Å². The molecule has 4 aromatic carbocycles. The monoisotopic (exact) mass is 456 g/mol. The van der Waals surface area contributed by atoms with Crippen LogP contribution in [0.2, 0.25) is 0 Å². The lowest BCUT2D eigenvalue weighted by molar-refractivity contribution is 0.0697. The van der Waals surface area contributed by atoms with Crippen LogP contribution >= 0.6 is 15.9 Å². The van der Waals surface area contributed by atoms with Gasteiger partial charge in [-0.05, 0) is 64.0 Å². The first-order valence-electron chi connectivity index (χ1n) is 9.84. The molecular weight excluding hydrogens is 440 g/mol. The summed E-state index contributed by atoms with van der Waals surface area (Å²) in [5.74, 6) is -0.901. The minimum atomic E-state index is -0.901. The molecule has 0 saturated carbocycles. The second-order valence-corrected chi connectivity index (χ2v) is 8.72. The molecule has 4 nitrogen and oxygen atoms in total. The minimum Gasteiger partial charge on any atom is -0.478 e. The fourth-order valence-electron chi connectivity index (χ4n) is 4.79. The van der Waals surface area contributed by atoms with Crippen LogP contribution < -0.4 is 5.32 Å². The molecule has 0 fully saturated rings. The van der Waals surface area contributed by atoms with Crippen LogP contribution in [-0.4, -0.2) is 16.1 Å². The summed E-state index contributed by atoms with van der Waals surface area (Å²) in [6.07, 6.45) is 2.94. The van der Waals surface area contributed by atoms with Gasteiger partial charge in [0.2, 0.25) is 0 Å². The number of anilines is 1. The number of hydrogen-bond acceptors (Lipinski definition) is 2. The number of carboxylic acids is 1. The van der Waals surface area contributed by atoms with Crippen LogP contribution in [0.25, 0.3) is 32.4 Å². The number of carbonyl (C=O) groups is 1. The zero-order valence-electron chi connectivity index (χ0n) is 15.9. The Kier molecular flexibility index (Phi) is 3.71. The molecule has 0 aliphatic carbocycles. The first kappa shape index (κ1) is 17.5. The van der Waals surface area contributed by atoms with Gasteiger partial charge >= 0.3 is 5.97 Å². The van der Waals surface area contributed by atoms with E-state index in [1.807, 2.05) is 24.3 Å². The molecule has 0 spiro atoms. The molecule has 1 atom stereocenters. The Morgan fingerprint density at radius 2 is 1.77 bits per heavy atom. The Morgan fingerprint density at radius 3 is 2.60 bits per heavy atom. The minimum absolute atomic E-state index is 0.149. The van der Waals surface area contributed by atoms with Crippen molar-refractivity contribution in [3.8, 4) is 0 Å². The maximum atomic E-state index is 11.6. The molecule has 30 heavy (non-hydrogen) atoms. The van der Waals surface area contributed by atoms with Gasteiger partial charge in [0, 0.05) is 32.6 Å². The number of aromatic nitrogens is 1. The van der Waals surface area contributed by atoms with E-state index in [2.05, 4.69) is 56.7 Å². The van der Waals surface area contributed by atoms with Gasteiger partial charge in [-0.1, -0.05) is 46.3 Å². The number of fused-ring (bicyclic) bond motifs is 7. The largest absolute Gasteiger partial charge is 0.478 e. The molecule has 6 rings (SSSR count). The van der Waals surface area contributed by atoms with Crippen LogP contribution in [0.4, 0.5) is 5.69 Å². The Labute approximate surface area is 180 Å². The molecule has 1 aromatic heterocycles. The van der Waals surface area contributed by atoms with Gasteiger partial charge in [0.05, 0.1) is 11.6 Å². The fraction of sp³-hybridized carbons (Fsp3) is 0.0800. The number of H-pyrrole nitrogens is 1. The Hall–Kier alpha value is -3.31. The van der Waals surface area contributed by atoms with E-state index in [4.69, 9.17) is 0 Å². The average molecular weight is 457 g/mol. The molecule has 1 unspecified atom stereocenters. The second kappa shape index (κ2) is 6.34. The van der Waals surface area contributed by atoms with Gasteiger partial charge in [0.15, 0.2) is 0 Å². The van der Waals surface area contributed by atoms with E-state index in [0.717, 1.165) is 43.6 Å². The van der Waals surface area contributed by atoms with Crippen molar-refractivity contribution in [3.05, 3.63) is 88.0 Å². The number of aromatic carboxylic acids is 1. The van der Waals surface area contributed by atoms with Crippen molar-refractivity contribution in [2.75, 3.05) is 5.32 Å². The first-order chi connectivity index (χ1) is 14.6. The van der Waals surface area contributed by atoms with E-state index in [1.165, 1.54) is 16.5 Å². The third-order valence-electron chi connectivity index (χ3n) is 6.16. The Balaban J connectivity index is 1.58. The zero-order valence-corrected chi connectivity index (χ0v) is 17.5. The van der Waals surface area contributed by atoms with Crippen molar-refractivity contribution in [1.29, 1.82) is 0 Å². The average Bonchev–Trinajstić information content (AvgIpc) is 3.37. The van der Waals surface area contributed by atoms with E-state index in [1.54, 1.807) is 12.1 Å². The van der Waals surface area contributed by atoms with Crippen LogP contribution in [0.5, 0.6) is 0 Å². The van der Waals surface area contributed by atoms with Gasteiger partial charge in [-0.15, -0.1) is 0 Å². The molecule has 146 valence electrons. The molecule has 5 aromatic rings. The molecule has 5 heteroatoms. The summed E-state index contributed by atoms with van der Waals surface area (Å²) in [7, 11) is 0. The number of aromatic amines is 1. The highest BCUT2D eigenvalue weighted by atomic mass is 79.9. The van der Waals surface area contributed by atoms with Crippen molar-refractivity contribution in [2.45, 2.75) is 12.5 Å². The van der Waals surface area contributed by atoms with Crippen molar-refractivity contribution >= 4 is 60.0 Å². The highest BCUT2D eigenvalue weighted by Gasteiger charge is 2.28. The summed E-state index contributed by atoms with van der Waals surface area (Å²) in [6, 6.07) is 20.1. The number of benzene rings is 4. The highest BCUT2D eigenvalue weighted by Crippen LogP contribution is 2.45. The summed E-state index contributed by atoms with van der Waals surface area (Å²) in [5.41, 5.74) is 5.07. The van der Waals surface area contributed by atoms with Gasteiger partial charge in [0.25, 0.3) is 0 Å². The number of hydrogen-bond donors (Lipinski definition) is 3. The zero-order chi connectivity index (χ0) is 20.4. The van der Waals surface area contributed by atoms with Crippen molar-refractivity contribution in [2.24, 2.45) is 0 Å². The SMILES string of the molecule is O=C(O)c1ccc2c3c(c4ccccc4c2c1)NC(c1c[nH]c2ccc(Br)cc12)C3. The predicted octanol–water partition coefficient (Wildman–Crippen LogP) is 6.64. The van der Waals surface area contributed by atoms with Crippen molar-refractivity contribution in [1.82, 2.24) is 4.98 Å². The van der Waals surface area contributed by atoms with Crippen LogP contribution in [0.1, 0.15) is 27.5 Å². The first-order valence-corrected chi connectivity index (χ1v) is 10.6. The van der Waals surface area contributed by atoms with Crippen LogP contribution in [0.3, 0.4) is 0 Å². The molecule has 0 saturated heterocycles. The standard InChI is InChI=1S/C25H17BrN2O2/c26-14-6-8-22-19(10-14)21(12-27-22)23-11-20-16-7-5-13(25(29)30)9-18(16)15-3-1-2-4-17(15)24(20)28-23/h1-10,12,23,27-28H,11H2,(H,29,30). The third-order valence-corrected chi connectivity index (χ3v) is 6.65. The van der Waals surface area contributed by atoms with Crippen molar-refractivity contribution < 1.29 is 9.90 Å². The van der Waals surface area contributed by atoms with Crippen LogP contribution in [0.15, 0.2) is 71.3 Å². The summed E-state index contributed by atoms with van der Waals surface area (Å²) >= 11 is 3.59. The van der Waals surface area contributed by atoms with E-state index in [9.17, 15) is 9.90 Å². The van der Waals surface area contributed by atoms with E-state index in [0.29, 0.717) is 5.56 Å². The van der Waals surface area contributed by atoms with Crippen LogP contribution in [0, 0.1) is 0 Å². The molecule has 1 aliphatic rings. The van der Waals surface area contributed by atoms with Crippen LogP contribution in [-0.2, 0) is 6.42 Å². The number of carboxylic acid groups (broad SMARTS) is 1. The number of nitrogens with one attached hydrogen (secondary N) is 2. The molecule has 1 aliphatic heterocycles. The topological polar surface area (TPSA) is 65.1 Å². The fourth-order valence-corrected chi connectivity index (χ4v) is 5.15. The molecule has 0 amide bonds. The predicted molar refractivity (Wildman–Crippen MR) is 124 cm³/mol. The normalized spacial score (nSPS) is 15.6. The van der Waals surface area contributed by atoms with E-state index >= 15 is 0 Å². The third kappa shape index (κ3) is 2.48. The van der Waals surface area contributed by atoms with Gasteiger partial charge in [-0.25, -0.2) is 4.79 Å². The summed E-state index contributed by atoms with van der Waals surface area (Å²) in [5, 5.41) is 18.8. The maximum Gasteiger partial charge on any atom is 0.335 e. The summed E-state index contributed by atoms with van der Waals surface area (Å²) in [6.45, 7) is 0.